The lowest BCUT2D eigenvalue weighted by Gasteiger charge is -2.42. The number of ether oxygens (including phenoxy) is 1. The molecule has 1 unspecified atom stereocenters. The van der Waals surface area contributed by atoms with Gasteiger partial charge in [-0.05, 0) is 38.7 Å². The van der Waals surface area contributed by atoms with Gasteiger partial charge in [-0.15, -0.1) is 23.2 Å². The average Bonchev–Trinajstić information content (AvgIpc) is 2.99. The van der Waals surface area contributed by atoms with Crippen LogP contribution >= 0.6 is 23.2 Å². The van der Waals surface area contributed by atoms with E-state index in [-0.39, 0.29) is 34.4 Å². The van der Waals surface area contributed by atoms with Crippen LogP contribution in [0.2, 0.25) is 0 Å². The number of anilines is 1. The number of hydrogen-bond donors (Lipinski definition) is 1. The van der Waals surface area contributed by atoms with Gasteiger partial charge in [-0.1, -0.05) is 26.0 Å². The second-order valence-corrected chi connectivity index (χ2v) is 10.4. The van der Waals surface area contributed by atoms with Crippen molar-refractivity contribution in [2.45, 2.75) is 69.4 Å². The number of halogens is 2. The molecular weight excluding hydrogens is 435 g/mol. The van der Waals surface area contributed by atoms with E-state index in [0.29, 0.717) is 23.7 Å². The molecule has 0 aromatic carbocycles. The van der Waals surface area contributed by atoms with Crippen LogP contribution in [0.4, 0.5) is 5.82 Å². The summed E-state index contributed by atoms with van der Waals surface area (Å²) < 4.78 is 7.48. The smallest absolute Gasteiger partial charge is 0.263 e. The molecular formula is C23H32Cl2N4O2. The molecule has 0 radical (unpaired) electrons. The van der Waals surface area contributed by atoms with Crippen molar-refractivity contribution < 1.29 is 4.74 Å². The van der Waals surface area contributed by atoms with E-state index in [1.54, 1.807) is 4.57 Å². The van der Waals surface area contributed by atoms with Crippen molar-refractivity contribution >= 4 is 34.7 Å². The van der Waals surface area contributed by atoms with Crippen molar-refractivity contribution in [2.24, 2.45) is 11.1 Å². The topological polar surface area (TPSA) is 73.4 Å². The van der Waals surface area contributed by atoms with Gasteiger partial charge in [-0.25, -0.2) is 4.98 Å². The summed E-state index contributed by atoms with van der Waals surface area (Å²) in [4.78, 5) is 20.8. The maximum atomic E-state index is 13.7. The Morgan fingerprint density at radius 2 is 1.97 bits per heavy atom. The van der Waals surface area contributed by atoms with E-state index in [9.17, 15) is 4.79 Å². The highest BCUT2D eigenvalue weighted by atomic mass is 35.5. The van der Waals surface area contributed by atoms with E-state index >= 15 is 0 Å². The van der Waals surface area contributed by atoms with E-state index in [1.807, 2.05) is 39.0 Å². The van der Waals surface area contributed by atoms with Crippen LogP contribution < -0.4 is 16.2 Å². The summed E-state index contributed by atoms with van der Waals surface area (Å²) in [7, 11) is 0. The van der Waals surface area contributed by atoms with Crippen molar-refractivity contribution in [2.75, 3.05) is 24.6 Å². The predicted molar refractivity (Wildman–Crippen MR) is 127 cm³/mol. The van der Waals surface area contributed by atoms with Crippen LogP contribution in [0.1, 0.15) is 50.9 Å². The molecule has 2 N–H and O–H groups in total. The number of aryl methyl sites for hydroxylation is 1. The first-order valence-electron chi connectivity index (χ1n) is 11.1. The summed E-state index contributed by atoms with van der Waals surface area (Å²) in [6.07, 6.45) is 7.49. The van der Waals surface area contributed by atoms with Crippen LogP contribution in [0.5, 0.6) is 0 Å². The molecule has 2 fully saturated rings. The summed E-state index contributed by atoms with van der Waals surface area (Å²) >= 11 is 12.9. The Hall–Kier alpha value is -1.34. The van der Waals surface area contributed by atoms with Gasteiger partial charge in [0.05, 0.1) is 29.0 Å². The third-order valence-electron chi connectivity index (χ3n) is 7.13. The summed E-state index contributed by atoms with van der Waals surface area (Å²) in [6.45, 7) is 10.3. The first-order valence-corrected chi connectivity index (χ1v) is 12.0. The summed E-state index contributed by atoms with van der Waals surface area (Å²) in [6, 6.07) is 0.0531. The molecule has 0 amide bonds. The number of alkyl halides is 2. The summed E-state index contributed by atoms with van der Waals surface area (Å²) in [5.74, 6) is 1.43. The van der Waals surface area contributed by atoms with E-state index in [4.69, 9.17) is 38.7 Å². The lowest BCUT2D eigenvalue weighted by Crippen LogP contribution is -2.51. The second-order valence-electron chi connectivity index (χ2n) is 9.41. The third-order valence-corrected chi connectivity index (χ3v) is 8.15. The van der Waals surface area contributed by atoms with Crippen LogP contribution in [0.3, 0.4) is 0 Å². The highest BCUT2D eigenvalue weighted by Crippen LogP contribution is 2.42. The number of allylic oxidation sites excluding steroid dienone is 4. The van der Waals surface area contributed by atoms with Crippen LogP contribution in [-0.4, -0.2) is 52.1 Å². The molecule has 31 heavy (non-hydrogen) atoms. The summed E-state index contributed by atoms with van der Waals surface area (Å²) in [5, 5.41) is -0.856. The number of piperidine rings is 1. The molecule has 2 aliphatic heterocycles. The molecule has 1 aliphatic carbocycles. The quantitative estimate of drug-likeness (QED) is 0.688. The summed E-state index contributed by atoms with van der Waals surface area (Å²) in [5.41, 5.74) is 7.83. The Balaban J connectivity index is 1.70. The minimum atomic E-state index is -0.489. The molecule has 6 nitrogen and oxygen atoms in total. The first-order chi connectivity index (χ1) is 14.7. The van der Waals surface area contributed by atoms with Crippen LogP contribution in [0.15, 0.2) is 23.0 Å². The largest absolute Gasteiger partial charge is 0.376 e. The highest BCUT2D eigenvalue weighted by molar-refractivity contribution is 6.34. The number of nitrogens with zero attached hydrogens (tertiary/aromatic N) is 3. The van der Waals surface area contributed by atoms with E-state index in [2.05, 4.69) is 11.8 Å². The molecule has 8 heteroatoms. The molecule has 0 saturated carbocycles. The number of aromatic nitrogens is 2. The Kier molecular flexibility index (Phi) is 6.29. The van der Waals surface area contributed by atoms with Crippen molar-refractivity contribution in [3.05, 3.63) is 40.0 Å². The zero-order valence-electron chi connectivity index (χ0n) is 18.6. The van der Waals surface area contributed by atoms with Gasteiger partial charge in [0.15, 0.2) is 0 Å². The molecule has 1 spiro atoms. The Labute approximate surface area is 194 Å². The van der Waals surface area contributed by atoms with Gasteiger partial charge in [0.1, 0.15) is 11.6 Å². The van der Waals surface area contributed by atoms with Gasteiger partial charge in [0.25, 0.3) is 5.56 Å². The fraction of sp³-hybridized carbons (Fsp3) is 0.652. The fourth-order valence-corrected chi connectivity index (χ4v) is 5.59. The molecule has 4 atom stereocenters. The van der Waals surface area contributed by atoms with E-state index in [0.717, 1.165) is 31.7 Å². The maximum absolute atomic E-state index is 13.7. The van der Waals surface area contributed by atoms with Gasteiger partial charge in [0, 0.05) is 30.2 Å². The zero-order valence-corrected chi connectivity index (χ0v) is 20.2. The fourth-order valence-electron chi connectivity index (χ4n) is 5.12. The van der Waals surface area contributed by atoms with Gasteiger partial charge in [-0.2, -0.15) is 0 Å². The Morgan fingerprint density at radius 3 is 2.55 bits per heavy atom. The van der Waals surface area contributed by atoms with Crippen molar-refractivity contribution in [1.29, 1.82) is 0 Å². The van der Waals surface area contributed by atoms with Gasteiger partial charge in [0.2, 0.25) is 0 Å². The Morgan fingerprint density at radius 1 is 1.29 bits per heavy atom. The first kappa shape index (κ1) is 22.8. The van der Waals surface area contributed by atoms with Gasteiger partial charge in [-0.3, -0.25) is 9.36 Å². The minimum absolute atomic E-state index is 0.0233. The molecule has 1 aromatic rings. The van der Waals surface area contributed by atoms with Crippen molar-refractivity contribution in [3.63, 3.8) is 0 Å². The molecule has 0 bridgehead atoms. The van der Waals surface area contributed by atoms with Crippen molar-refractivity contribution in [1.82, 2.24) is 9.55 Å². The standard InChI is InChI=1S/C23H32Cl2N4O2/c1-13(2)18-21(28-10-8-23(9-11-28)12-31-14(3)20(23)26)27-15(4)29(22(18)30)17-7-5-6-16(24)19(17)25/h5-7,13-14,16,19-20H,8-12,26H2,1-4H3/t14-,16+,19?,20+/m1/s1. The molecule has 2 saturated heterocycles. The van der Waals surface area contributed by atoms with Gasteiger partial charge < -0.3 is 15.4 Å². The molecule has 4 rings (SSSR count). The Bertz CT molecular complexity index is 963. The second kappa shape index (κ2) is 8.54. The van der Waals surface area contributed by atoms with Crippen LogP contribution in [0, 0.1) is 12.3 Å². The number of hydrogen-bond acceptors (Lipinski definition) is 5. The highest BCUT2D eigenvalue weighted by Gasteiger charge is 2.48. The minimum Gasteiger partial charge on any atom is -0.376 e. The number of rotatable bonds is 3. The van der Waals surface area contributed by atoms with E-state index < -0.39 is 5.38 Å². The molecule has 170 valence electrons. The van der Waals surface area contributed by atoms with Crippen LogP contribution in [0.25, 0.3) is 5.70 Å². The normalized spacial score (nSPS) is 30.3. The molecule has 3 aliphatic rings. The van der Waals surface area contributed by atoms with Crippen molar-refractivity contribution in [3.8, 4) is 0 Å². The predicted octanol–water partition coefficient (Wildman–Crippen LogP) is 3.63. The monoisotopic (exact) mass is 466 g/mol. The zero-order chi connectivity index (χ0) is 22.5. The maximum Gasteiger partial charge on any atom is 0.263 e. The van der Waals surface area contributed by atoms with E-state index in [1.165, 1.54) is 0 Å². The SMILES string of the molecule is Cc1nc(N2CCC3(CC2)CO[C@H](C)[C@@H]3N)c(C(C)C)c(=O)n1C1=CC=C[C@H](Cl)C1Cl. The van der Waals surface area contributed by atoms with Gasteiger partial charge >= 0.3 is 0 Å². The number of nitrogens with two attached hydrogens (primary N) is 1. The lowest BCUT2D eigenvalue weighted by molar-refractivity contribution is 0.0974. The molecule has 1 aromatic heterocycles. The van der Waals surface area contributed by atoms with Crippen LogP contribution in [-0.2, 0) is 4.74 Å². The third kappa shape index (κ3) is 3.86. The lowest BCUT2D eigenvalue weighted by atomic mass is 9.73. The average molecular weight is 467 g/mol. The molecule has 3 heterocycles.